The number of hydrogen-bond donors (Lipinski definition) is 2. The molecule has 0 spiro atoms. The zero-order valence-corrected chi connectivity index (χ0v) is 17.6. The molecule has 0 unspecified atom stereocenters. The first-order valence-electron chi connectivity index (χ1n) is 10.0. The first-order valence-corrected chi connectivity index (χ1v) is 10.4. The summed E-state index contributed by atoms with van der Waals surface area (Å²) in [5.74, 6) is -0.435. The Kier molecular flexibility index (Phi) is 5.52. The molecule has 1 aromatic carbocycles. The van der Waals surface area contributed by atoms with E-state index >= 15 is 0 Å². The topological polar surface area (TPSA) is 107 Å². The molecule has 2 N–H and O–H groups in total. The Morgan fingerprint density at radius 3 is 2.64 bits per heavy atom. The van der Waals surface area contributed by atoms with E-state index in [1.807, 2.05) is 0 Å². The standard InChI is InChI=1S/C21H17ClF3N3O5/c22-11-5-13-19(28-20(27-13)33-16-8-32-17-15(30)7-31-18(16)17)26-12(11)6-14(29)9-1-3-10(4-2-9)21(23,24)25/h1-5,15-18,30H,6-8H2,(H,26,27,28)/t15-,16-,17-,18-/m1/s1. The van der Waals surface area contributed by atoms with E-state index in [4.69, 9.17) is 25.8 Å². The lowest BCUT2D eigenvalue weighted by molar-refractivity contribution is -0.137. The third-order valence-electron chi connectivity index (χ3n) is 5.58. The van der Waals surface area contributed by atoms with Crippen LogP contribution in [0.15, 0.2) is 30.3 Å². The third-order valence-corrected chi connectivity index (χ3v) is 5.91. The summed E-state index contributed by atoms with van der Waals surface area (Å²) in [6.45, 7) is 0.396. The lowest BCUT2D eigenvalue weighted by Crippen LogP contribution is -2.34. The summed E-state index contributed by atoms with van der Waals surface area (Å²) >= 11 is 6.27. The number of carbonyl (C=O) groups is 1. The number of pyridine rings is 1. The number of H-pyrrole nitrogens is 1. The number of Topliss-reactive ketones (excluding diaryl/α,β-unsaturated/α-hetero) is 1. The first kappa shape index (κ1) is 22.1. The average molecular weight is 484 g/mol. The Morgan fingerprint density at radius 2 is 1.91 bits per heavy atom. The number of aromatic amines is 1. The van der Waals surface area contributed by atoms with E-state index in [9.17, 15) is 23.1 Å². The molecule has 12 heteroatoms. The molecule has 0 saturated carbocycles. The number of hydrogen-bond acceptors (Lipinski definition) is 7. The summed E-state index contributed by atoms with van der Waals surface area (Å²) in [5, 5.41) is 10.0. The number of nitrogens with one attached hydrogen (secondary N) is 1. The quantitative estimate of drug-likeness (QED) is 0.537. The number of imidazole rings is 1. The summed E-state index contributed by atoms with van der Waals surface area (Å²) in [4.78, 5) is 24.1. The van der Waals surface area contributed by atoms with Gasteiger partial charge in [-0.05, 0) is 18.2 Å². The number of rotatable bonds is 5. The molecule has 2 aromatic heterocycles. The monoisotopic (exact) mass is 483 g/mol. The van der Waals surface area contributed by atoms with Gasteiger partial charge in [-0.25, -0.2) is 4.98 Å². The van der Waals surface area contributed by atoms with Crippen LogP contribution in [-0.2, 0) is 22.1 Å². The Balaban J connectivity index is 1.31. The normalized spacial score (nSPS) is 24.9. The van der Waals surface area contributed by atoms with E-state index in [0.717, 1.165) is 24.3 Å². The molecule has 3 aromatic rings. The molecule has 4 atom stereocenters. The Bertz CT molecular complexity index is 1200. The van der Waals surface area contributed by atoms with E-state index in [1.165, 1.54) is 0 Å². The zero-order valence-electron chi connectivity index (χ0n) is 16.8. The summed E-state index contributed by atoms with van der Waals surface area (Å²) in [6.07, 6.45) is -6.73. The molecule has 0 aliphatic carbocycles. The average Bonchev–Trinajstić information content (AvgIpc) is 3.45. The van der Waals surface area contributed by atoms with Crippen molar-refractivity contribution in [3.05, 3.63) is 52.2 Å². The van der Waals surface area contributed by atoms with E-state index in [-0.39, 0.29) is 47.6 Å². The fourth-order valence-electron chi connectivity index (χ4n) is 3.90. The number of nitrogens with zero attached hydrogens (tertiary/aromatic N) is 2. The van der Waals surface area contributed by atoms with Gasteiger partial charge >= 0.3 is 6.18 Å². The van der Waals surface area contributed by atoms with Crippen LogP contribution in [0.3, 0.4) is 0 Å². The molecule has 4 heterocycles. The third kappa shape index (κ3) is 4.29. The highest BCUT2D eigenvalue weighted by Gasteiger charge is 2.48. The zero-order chi connectivity index (χ0) is 23.3. The maximum Gasteiger partial charge on any atom is 0.416 e. The highest BCUT2D eigenvalue weighted by atomic mass is 35.5. The smallest absolute Gasteiger partial charge is 0.416 e. The number of ketones is 1. The number of aromatic nitrogens is 3. The first-order chi connectivity index (χ1) is 15.7. The van der Waals surface area contributed by atoms with Crippen molar-refractivity contribution >= 4 is 28.5 Å². The molecule has 0 bridgehead atoms. The lowest BCUT2D eigenvalue weighted by Gasteiger charge is -2.15. The van der Waals surface area contributed by atoms with Gasteiger partial charge in [-0.1, -0.05) is 23.7 Å². The molecule has 2 saturated heterocycles. The van der Waals surface area contributed by atoms with Crippen LogP contribution in [0.25, 0.3) is 11.2 Å². The van der Waals surface area contributed by atoms with Gasteiger partial charge in [0.25, 0.3) is 6.01 Å². The number of benzene rings is 1. The van der Waals surface area contributed by atoms with Crippen LogP contribution in [0.5, 0.6) is 6.01 Å². The highest BCUT2D eigenvalue weighted by Crippen LogP contribution is 2.31. The lowest BCUT2D eigenvalue weighted by atomic mass is 10.0. The van der Waals surface area contributed by atoms with Gasteiger partial charge in [-0.3, -0.25) is 4.79 Å². The number of halogens is 4. The van der Waals surface area contributed by atoms with Gasteiger partial charge in [0.15, 0.2) is 17.5 Å². The fraction of sp³-hybridized carbons (Fsp3) is 0.381. The van der Waals surface area contributed by atoms with Crippen molar-refractivity contribution in [2.75, 3.05) is 13.2 Å². The van der Waals surface area contributed by atoms with Crippen LogP contribution in [0.1, 0.15) is 21.6 Å². The minimum atomic E-state index is -4.48. The number of aliphatic hydroxyl groups is 1. The summed E-state index contributed by atoms with van der Waals surface area (Å²) in [6, 6.07) is 5.65. The van der Waals surface area contributed by atoms with Crippen LogP contribution >= 0.6 is 11.6 Å². The van der Waals surface area contributed by atoms with Crippen LogP contribution in [0.2, 0.25) is 5.02 Å². The second kappa shape index (κ2) is 8.24. The Hall–Kier alpha value is -2.73. The fourth-order valence-corrected chi connectivity index (χ4v) is 4.12. The van der Waals surface area contributed by atoms with Gasteiger partial charge in [0.1, 0.15) is 18.3 Å². The molecule has 2 aliphatic rings. The summed E-state index contributed by atoms with van der Waals surface area (Å²) in [7, 11) is 0. The van der Waals surface area contributed by atoms with E-state index < -0.39 is 41.9 Å². The molecular weight excluding hydrogens is 467 g/mol. The number of carbonyl (C=O) groups excluding carboxylic acids is 1. The number of aliphatic hydroxyl groups excluding tert-OH is 1. The van der Waals surface area contributed by atoms with Crippen LogP contribution in [-0.4, -0.2) is 63.5 Å². The van der Waals surface area contributed by atoms with Gasteiger partial charge < -0.3 is 24.3 Å². The molecule has 174 valence electrons. The van der Waals surface area contributed by atoms with Crippen molar-refractivity contribution in [2.45, 2.75) is 37.0 Å². The Labute approximate surface area is 189 Å². The predicted octanol–water partition coefficient (Wildman–Crippen LogP) is 2.96. The second-order valence-electron chi connectivity index (χ2n) is 7.82. The van der Waals surface area contributed by atoms with E-state index in [1.54, 1.807) is 6.07 Å². The van der Waals surface area contributed by atoms with Gasteiger partial charge in [0, 0.05) is 5.56 Å². The molecular formula is C21H17ClF3N3O5. The SMILES string of the molecule is O=C(Cc1nc2nc(O[C@@H]3CO[C@H]4[C@@H]3OC[C@H]4O)[nH]c2cc1Cl)c1ccc(C(F)(F)F)cc1. The van der Waals surface area contributed by atoms with Crippen LogP contribution in [0.4, 0.5) is 13.2 Å². The van der Waals surface area contributed by atoms with Gasteiger partial charge in [-0.15, -0.1) is 0 Å². The van der Waals surface area contributed by atoms with E-state index in [0.29, 0.717) is 5.52 Å². The van der Waals surface area contributed by atoms with Crippen molar-refractivity contribution in [2.24, 2.45) is 0 Å². The molecule has 0 amide bonds. The van der Waals surface area contributed by atoms with Crippen LogP contribution < -0.4 is 4.74 Å². The van der Waals surface area contributed by atoms with Crippen molar-refractivity contribution in [1.82, 2.24) is 15.0 Å². The summed E-state index contributed by atoms with van der Waals surface area (Å²) in [5.41, 5.74) is 0.244. The van der Waals surface area contributed by atoms with E-state index in [2.05, 4.69) is 15.0 Å². The Morgan fingerprint density at radius 1 is 1.18 bits per heavy atom. The van der Waals surface area contributed by atoms with Crippen LogP contribution in [0, 0.1) is 0 Å². The predicted molar refractivity (Wildman–Crippen MR) is 108 cm³/mol. The number of fused-ring (bicyclic) bond motifs is 2. The molecule has 2 fully saturated rings. The molecule has 0 radical (unpaired) electrons. The van der Waals surface area contributed by atoms with Gasteiger partial charge in [-0.2, -0.15) is 18.2 Å². The highest BCUT2D eigenvalue weighted by molar-refractivity contribution is 6.32. The maximum absolute atomic E-state index is 12.7. The summed E-state index contributed by atoms with van der Waals surface area (Å²) < 4.78 is 55.0. The largest absolute Gasteiger partial charge is 0.456 e. The number of alkyl halides is 3. The minimum Gasteiger partial charge on any atom is -0.456 e. The molecule has 33 heavy (non-hydrogen) atoms. The van der Waals surface area contributed by atoms with Crippen molar-refractivity contribution in [3.8, 4) is 6.01 Å². The van der Waals surface area contributed by atoms with Crippen molar-refractivity contribution in [3.63, 3.8) is 0 Å². The van der Waals surface area contributed by atoms with Crippen molar-refractivity contribution in [1.29, 1.82) is 0 Å². The second-order valence-corrected chi connectivity index (χ2v) is 8.23. The van der Waals surface area contributed by atoms with Gasteiger partial charge in [0.05, 0.1) is 41.4 Å². The maximum atomic E-state index is 12.7. The number of ether oxygens (including phenoxy) is 3. The molecule has 8 nitrogen and oxygen atoms in total. The van der Waals surface area contributed by atoms with Gasteiger partial charge in [0.2, 0.25) is 0 Å². The molecule has 5 rings (SSSR count). The van der Waals surface area contributed by atoms with Crippen molar-refractivity contribution < 1.29 is 37.3 Å². The molecule has 2 aliphatic heterocycles. The minimum absolute atomic E-state index is 0.113.